The predicted octanol–water partition coefficient (Wildman–Crippen LogP) is 2.53. The molecular formula is C17H30N2O2. The Morgan fingerprint density at radius 2 is 1.90 bits per heavy atom. The summed E-state index contributed by atoms with van der Waals surface area (Å²) >= 11 is 0. The molecule has 1 N–H and O–H groups in total. The van der Waals surface area contributed by atoms with Gasteiger partial charge in [-0.25, -0.2) is 0 Å². The maximum absolute atomic E-state index is 5.82. The predicted molar refractivity (Wildman–Crippen MR) is 87.9 cm³/mol. The number of nitrogens with one attached hydrogen (secondary N) is 1. The largest absolute Gasteiger partial charge is 0.492 e. The van der Waals surface area contributed by atoms with Crippen molar-refractivity contribution in [1.82, 2.24) is 10.2 Å². The number of hydrogen-bond acceptors (Lipinski definition) is 4. The number of rotatable bonds is 11. The van der Waals surface area contributed by atoms with Crippen molar-refractivity contribution in [2.24, 2.45) is 0 Å². The van der Waals surface area contributed by atoms with Gasteiger partial charge < -0.3 is 14.8 Å². The van der Waals surface area contributed by atoms with Gasteiger partial charge in [0.2, 0.25) is 0 Å². The third kappa shape index (κ3) is 6.93. The van der Waals surface area contributed by atoms with E-state index in [0.29, 0.717) is 12.6 Å². The molecular weight excluding hydrogens is 264 g/mol. The van der Waals surface area contributed by atoms with Gasteiger partial charge in [0, 0.05) is 26.2 Å². The molecule has 0 aliphatic heterocycles. The lowest BCUT2D eigenvalue weighted by atomic mass is 10.2. The third-order valence-corrected chi connectivity index (χ3v) is 3.59. The van der Waals surface area contributed by atoms with Crippen LogP contribution in [0.25, 0.3) is 0 Å². The number of nitrogens with zero attached hydrogens (tertiary/aromatic N) is 1. The minimum Gasteiger partial charge on any atom is -0.492 e. The van der Waals surface area contributed by atoms with E-state index in [1.807, 2.05) is 12.1 Å². The molecule has 0 heterocycles. The van der Waals surface area contributed by atoms with Crippen LogP contribution in [0, 0.1) is 0 Å². The van der Waals surface area contributed by atoms with E-state index in [1.54, 1.807) is 7.11 Å². The molecule has 4 nitrogen and oxygen atoms in total. The number of methoxy groups -OCH3 is 1. The van der Waals surface area contributed by atoms with Gasteiger partial charge in [-0.2, -0.15) is 0 Å². The van der Waals surface area contributed by atoms with Gasteiger partial charge in [0.15, 0.2) is 0 Å². The summed E-state index contributed by atoms with van der Waals surface area (Å²) in [4.78, 5) is 2.36. The van der Waals surface area contributed by atoms with Gasteiger partial charge in [-0.1, -0.05) is 26.0 Å². The van der Waals surface area contributed by atoms with E-state index in [4.69, 9.17) is 9.47 Å². The van der Waals surface area contributed by atoms with Gasteiger partial charge in [0.1, 0.15) is 12.4 Å². The Morgan fingerprint density at radius 1 is 1.19 bits per heavy atom. The highest BCUT2D eigenvalue weighted by atomic mass is 16.5. The molecule has 0 fully saturated rings. The standard InChI is InChI=1S/C17H30N2O2/c1-5-18-13-16-7-9-17(10-8-16)21-12-11-19(6-2)15(3)14-20-4/h7-10,15,18H,5-6,11-14H2,1-4H3. The second-order valence-electron chi connectivity index (χ2n) is 5.21. The first-order valence-corrected chi connectivity index (χ1v) is 7.86. The molecule has 1 rings (SSSR count). The van der Waals surface area contributed by atoms with Crippen molar-refractivity contribution in [3.63, 3.8) is 0 Å². The number of hydrogen-bond donors (Lipinski definition) is 1. The van der Waals surface area contributed by atoms with Crippen LogP contribution in [0.15, 0.2) is 24.3 Å². The summed E-state index contributed by atoms with van der Waals surface area (Å²) in [5.41, 5.74) is 1.29. The van der Waals surface area contributed by atoms with E-state index >= 15 is 0 Å². The van der Waals surface area contributed by atoms with Gasteiger partial charge in [0.25, 0.3) is 0 Å². The first kappa shape index (κ1) is 18.0. The van der Waals surface area contributed by atoms with E-state index in [2.05, 4.69) is 43.1 Å². The Kier molecular flexibility index (Phi) is 9.06. The second kappa shape index (κ2) is 10.6. The van der Waals surface area contributed by atoms with Gasteiger partial charge in [-0.3, -0.25) is 4.90 Å². The Hall–Kier alpha value is -1.10. The van der Waals surface area contributed by atoms with Gasteiger partial charge in [0.05, 0.1) is 6.61 Å². The van der Waals surface area contributed by atoms with E-state index in [1.165, 1.54) is 5.56 Å². The lowest BCUT2D eigenvalue weighted by Gasteiger charge is -2.27. The summed E-state index contributed by atoms with van der Waals surface area (Å²) in [6.07, 6.45) is 0. The van der Waals surface area contributed by atoms with Crippen molar-refractivity contribution in [1.29, 1.82) is 0 Å². The molecule has 120 valence electrons. The van der Waals surface area contributed by atoms with Crippen LogP contribution < -0.4 is 10.1 Å². The van der Waals surface area contributed by atoms with Crippen molar-refractivity contribution in [3.8, 4) is 5.75 Å². The molecule has 1 aromatic rings. The smallest absolute Gasteiger partial charge is 0.119 e. The highest BCUT2D eigenvalue weighted by molar-refractivity contribution is 5.27. The molecule has 0 aromatic heterocycles. The summed E-state index contributed by atoms with van der Waals surface area (Å²) in [5.74, 6) is 0.936. The Bertz CT molecular complexity index is 368. The van der Waals surface area contributed by atoms with Crippen LogP contribution in [0.3, 0.4) is 0 Å². The quantitative estimate of drug-likeness (QED) is 0.680. The van der Waals surface area contributed by atoms with Crippen LogP contribution in [0.1, 0.15) is 26.3 Å². The topological polar surface area (TPSA) is 33.7 Å². The summed E-state index contributed by atoms with van der Waals surface area (Å²) in [5, 5.41) is 3.31. The molecule has 0 aliphatic carbocycles. The molecule has 0 spiro atoms. The summed E-state index contributed by atoms with van der Waals surface area (Å²) in [6.45, 7) is 11.8. The highest BCUT2D eigenvalue weighted by Crippen LogP contribution is 2.12. The minimum atomic E-state index is 0.422. The van der Waals surface area contributed by atoms with Crippen molar-refractivity contribution < 1.29 is 9.47 Å². The molecule has 4 heteroatoms. The fourth-order valence-electron chi connectivity index (χ4n) is 2.29. The molecule has 0 aliphatic rings. The zero-order valence-corrected chi connectivity index (χ0v) is 13.9. The highest BCUT2D eigenvalue weighted by Gasteiger charge is 2.11. The Morgan fingerprint density at radius 3 is 2.48 bits per heavy atom. The maximum atomic E-state index is 5.82. The third-order valence-electron chi connectivity index (χ3n) is 3.59. The van der Waals surface area contributed by atoms with Crippen LogP contribution in [-0.4, -0.2) is 50.9 Å². The van der Waals surface area contributed by atoms with Crippen LogP contribution in [-0.2, 0) is 11.3 Å². The van der Waals surface area contributed by atoms with Gasteiger partial charge in [-0.05, 0) is 37.7 Å². The van der Waals surface area contributed by atoms with Gasteiger partial charge >= 0.3 is 0 Å². The molecule has 0 amide bonds. The Labute approximate surface area is 129 Å². The zero-order valence-electron chi connectivity index (χ0n) is 13.9. The molecule has 21 heavy (non-hydrogen) atoms. The normalized spacial score (nSPS) is 12.6. The van der Waals surface area contributed by atoms with E-state index < -0.39 is 0 Å². The molecule has 0 saturated heterocycles. The van der Waals surface area contributed by atoms with Crippen molar-refractivity contribution >= 4 is 0 Å². The molecule has 1 aromatic carbocycles. The number of likely N-dealkylation sites (N-methyl/N-ethyl adjacent to an activating group) is 1. The van der Waals surface area contributed by atoms with Crippen molar-refractivity contribution in [2.75, 3.05) is 40.0 Å². The molecule has 0 bridgehead atoms. The summed E-state index contributed by atoms with van der Waals surface area (Å²) in [7, 11) is 1.75. The number of benzene rings is 1. The summed E-state index contributed by atoms with van der Waals surface area (Å²) < 4.78 is 11.0. The van der Waals surface area contributed by atoms with Crippen molar-refractivity contribution in [2.45, 2.75) is 33.4 Å². The first-order chi connectivity index (χ1) is 10.2. The zero-order chi connectivity index (χ0) is 15.5. The fraction of sp³-hybridized carbons (Fsp3) is 0.647. The minimum absolute atomic E-state index is 0.422. The lowest BCUT2D eigenvalue weighted by Crippen LogP contribution is -2.38. The number of ether oxygens (including phenoxy) is 2. The Balaban J connectivity index is 2.33. The van der Waals surface area contributed by atoms with Crippen LogP contribution in [0.2, 0.25) is 0 Å². The lowest BCUT2D eigenvalue weighted by molar-refractivity contribution is 0.0920. The maximum Gasteiger partial charge on any atom is 0.119 e. The van der Waals surface area contributed by atoms with Crippen LogP contribution in [0.4, 0.5) is 0 Å². The van der Waals surface area contributed by atoms with Crippen LogP contribution >= 0.6 is 0 Å². The van der Waals surface area contributed by atoms with E-state index in [9.17, 15) is 0 Å². The van der Waals surface area contributed by atoms with E-state index in [-0.39, 0.29) is 0 Å². The molecule has 0 saturated carbocycles. The average molecular weight is 294 g/mol. The summed E-state index contributed by atoms with van der Waals surface area (Å²) in [6, 6.07) is 8.74. The van der Waals surface area contributed by atoms with Crippen molar-refractivity contribution in [3.05, 3.63) is 29.8 Å². The average Bonchev–Trinajstić information content (AvgIpc) is 2.51. The van der Waals surface area contributed by atoms with Gasteiger partial charge in [-0.15, -0.1) is 0 Å². The molecule has 1 unspecified atom stereocenters. The van der Waals surface area contributed by atoms with Crippen LogP contribution in [0.5, 0.6) is 5.75 Å². The molecule has 0 radical (unpaired) electrons. The first-order valence-electron chi connectivity index (χ1n) is 7.86. The SMILES string of the molecule is CCNCc1ccc(OCCN(CC)C(C)COC)cc1. The van der Waals surface area contributed by atoms with E-state index in [0.717, 1.165) is 38.5 Å². The molecule has 1 atom stereocenters. The fourth-order valence-corrected chi connectivity index (χ4v) is 2.29. The second-order valence-corrected chi connectivity index (χ2v) is 5.21. The monoisotopic (exact) mass is 294 g/mol.